The second kappa shape index (κ2) is 6.45. The summed E-state index contributed by atoms with van der Waals surface area (Å²) in [5.41, 5.74) is -0.676. The third kappa shape index (κ3) is 3.39. The molecule has 106 valence electrons. The summed E-state index contributed by atoms with van der Waals surface area (Å²) in [5, 5.41) is 2.85. The van der Waals surface area contributed by atoms with Gasteiger partial charge in [-0.2, -0.15) is 0 Å². The van der Waals surface area contributed by atoms with E-state index in [1.807, 2.05) is 6.92 Å². The smallest absolute Gasteiger partial charge is 0.331 e. The Kier molecular flexibility index (Phi) is 5.20. The van der Waals surface area contributed by atoms with E-state index >= 15 is 0 Å². The molecule has 19 heavy (non-hydrogen) atoms. The lowest BCUT2D eigenvalue weighted by atomic mass is 9.96. The number of ether oxygens (including phenoxy) is 1. The second-order valence-electron chi connectivity index (χ2n) is 4.54. The van der Waals surface area contributed by atoms with Crippen LogP contribution in [0.15, 0.2) is 6.33 Å². The molecule has 1 atom stereocenters. The van der Waals surface area contributed by atoms with Crippen LogP contribution in [-0.4, -0.2) is 28.6 Å². The first-order chi connectivity index (χ1) is 8.98. The van der Waals surface area contributed by atoms with Crippen LogP contribution in [-0.2, 0) is 16.0 Å². The molecule has 0 radical (unpaired) electrons. The van der Waals surface area contributed by atoms with Crippen LogP contribution in [0.4, 0.5) is 10.2 Å². The molecule has 0 saturated carbocycles. The zero-order valence-corrected chi connectivity index (χ0v) is 11.8. The molecule has 0 spiro atoms. The van der Waals surface area contributed by atoms with E-state index in [1.54, 1.807) is 13.8 Å². The lowest BCUT2D eigenvalue weighted by Crippen LogP contribution is -2.44. The van der Waals surface area contributed by atoms with Crippen molar-refractivity contribution in [2.24, 2.45) is 0 Å². The molecule has 1 N–H and O–H groups in total. The van der Waals surface area contributed by atoms with Crippen molar-refractivity contribution in [3.63, 3.8) is 0 Å². The molecule has 0 saturated heterocycles. The van der Waals surface area contributed by atoms with Crippen molar-refractivity contribution in [2.45, 2.75) is 45.6 Å². The average molecular weight is 269 g/mol. The lowest BCUT2D eigenvalue weighted by molar-refractivity contribution is -0.145. The van der Waals surface area contributed by atoms with Gasteiger partial charge in [0.2, 0.25) is 0 Å². The maximum Gasteiger partial charge on any atom is 0.331 e. The molecule has 1 aromatic rings. The van der Waals surface area contributed by atoms with E-state index in [0.29, 0.717) is 18.5 Å². The van der Waals surface area contributed by atoms with Gasteiger partial charge in [0.25, 0.3) is 0 Å². The van der Waals surface area contributed by atoms with Gasteiger partial charge in [-0.3, -0.25) is 0 Å². The van der Waals surface area contributed by atoms with Crippen molar-refractivity contribution in [1.82, 2.24) is 9.97 Å². The summed E-state index contributed by atoms with van der Waals surface area (Å²) in [7, 11) is 1.31. The number of rotatable bonds is 6. The number of aryl methyl sites for hydroxylation is 1. The monoisotopic (exact) mass is 269 g/mol. The SMILES string of the molecule is CCCC(C)(Nc1ncnc(CC)c1F)C(=O)OC. The van der Waals surface area contributed by atoms with Crippen molar-refractivity contribution in [3.8, 4) is 0 Å². The minimum Gasteiger partial charge on any atom is -0.467 e. The molecule has 0 fully saturated rings. The number of halogens is 1. The average Bonchev–Trinajstić information content (AvgIpc) is 2.40. The molecule has 5 nitrogen and oxygen atoms in total. The van der Waals surface area contributed by atoms with E-state index in [9.17, 15) is 9.18 Å². The zero-order chi connectivity index (χ0) is 14.5. The third-order valence-corrected chi connectivity index (χ3v) is 2.98. The van der Waals surface area contributed by atoms with Gasteiger partial charge in [0.05, 0.1) is 12.8 Å². The summed E-state index contributed by atoms with van der Waals surface area (Å²) in [4.78, 5) is 19.6. The van der Waals surface area contributed by atoms with Gasteiger partial charge in [-0.25, -0.2) is 19.2 Å². The van der Waals surface area contributed by atoms with E-state index in [1.165, 1.54) is 13.4 Å². The largest absolute Gasteiger partial charge is 0.467 e. The molecule has 6 heteroatoms. The Balaban J connectivity index is 3.06. The summed E-state index contributed by atoms with van der Waals surface area (Å²) in [6.45, 7) is 5.42. The Morgan fingerprint density at radius 1 is 1.47 bits per heavy atom. The Bertz CT molecular complexity index is 454. The summed E-state index contributed by atoms with van der Waals surface area (Å²) >= 11 is 0. The number of aromatic nitrogens is 2. The molecule has 0 aliphatic rings. The number of carbonyl (C=O) groups excluding carboxylic acids is 1. The highest BCUT2D eigenvalue weighted by Crippen LogP contribution is 2.23. The quantitative estimate of drug-likeness (QED) is 0.803. The summed E-state index contributed by atoms with van der Waals surface area (Å²) in [6.07, 6.45) is 3.02. The maximum atomic E-state index is 14.1. The van der Waals surface area contributed by atoms with Crippen LogP contribution in [0.1, 0.15) is 39.3 Å². The van der Waals surface area contributed by atoms with Crippen LogP contribution in [0.2, 0.25) is 0 Å². The van der Waals surface area contributed by atoms with Gasteiger partial charge in [0.1, 0.15) is 11.9 Å². The van der Waals surface area contributed by atoms with Gasteiger partial charge in [0.15, 0.2) is 11.6 Å². The first-order valence-corrected chi connectivity index (χ1v) is 6.34. The van der Waals surface area contributed by atoms with Crippen molar-refractivity contribution in [1.29, 1.82) is 0 Å². The number of hydrogen-bond acceptors (Lipinski definition) is 5. The Morgan fingerprint density at radius 2 is 2.16 bits per heavy atom. The van der Waals surface area contributed by atoms with E-state index < -0.39 is 17.3 Å². The molecular formula is C13H20FN3O2. The Hall–Kier alpha value is -1.72. The summed E-state index contributed by atoms with van der Waals surface area (Å²) < 4.78 is 18.8. The van der Waals surface area contributed by atoms with Crippen molar-refractivity contribution in [3.05, 3.63) is 17.8 Å². The van der Waals surface area contributed by atoms with Crippen LogP contribution >= 0.6 is 0 Å². The molecule has 1 aromatic heterocycles. The summed E-state index contributed by atoms with van der Waals surface area (Å²) in [5.74, 6) is -0.921. The Morgan fingerprint density at radius 3 is 2.68 bits per heavy atom. The van der Waals surface area contributed by atoms with Gasteiger partial charge in [0, 0.05) is 0 Å². The predicted molar refractivity (Wildman–Crippen MR) is 70.3 cm³/mol. The van der Waals surface area contributed by atoms with E-state index in [4.69, 9.17) is 4.74 Å². The third-order valence-electron chi connectivity index (χ3n) is 2.98. The minimum absolute atomic E-state index is 0.0354. The predicted octanol–water partition coefficient (Wildman–Crippen LogP) is 2.32. The van der Waals surface area contributed by atoms with Crippen molar-refractivity contribution >= 4 is 11.8 Å². The fourth-order valence-corrected chi connectivity index (χ4v) is 1.94. The topological polar surface area (TPSA) is 64.1 Å². The minimum atomic E-state index is -0.996. The fourth-order valence-electron chi connectivity index (χ4n) is 1.94. The standard InChI is InChI=1S/C13H20FN3O2/c1-5-7-13(3,12(18)19-4)17-11-10(14)9(6-2)15-8-16-11/h8H,5-7H2,1-4H3,(H,15,16,17). The zero-order valence-electron chi connectivity index (χ0n) is 11.8. The molecule has 1 heterocycles. The first kappa shape index (κ1) is 15.3. The number of carbonyl (C=O) groups is 1. The van der Waals surface area contributed by atoms with Crippen molar-refractivity contribution < 1.29 is 13.9 Å². The van der Waals surface area contributed by atoms with Gasteiger partial charge in [-0.1, -0.05) is 20.3 Å². The molecule has 0 aromatic carbocycles. The highest BCUT2D eigenvalue weighted by atomic mass is 19.1. The van der Waals surface area contributed by atoms with E-state index in [-0.39, 0.29) is 5.82 Å². The van der Waals surface area contributed by atoms with Crippen LogP contribution in [0.25, 0.3) is 0 Å². The van der Waals surface area contributed by atoms with Crippen LogP contribution in [0.3, 0.4) is 0 Å². The van der Waals surface area contributed by atoms with Crippen molar-refractivity contribution in [2.75, 3.05) is 12.4 Å². The van der Waals surface area contributed by atoms with Gasteiger partial charge >= 0.3 is 5.97 Å². The first-order valence-electron chi connectivity index (χ1n) is 6.34. The Labute approximate surface area is 112 Å². The van der Waals surface area contributed by atoms with E-state index in [0.717, 1.165) is 6.42 Å². The molecular weight excluding hydrogens is 249 g/mol. The number of anilines is 1. The summed E-state index contributed by atoms with van der Waals surface area (Å²) in [6, 6.07) is 0. The molecule has 0 aliphatic heterocycles. The number of methoxy groups -OCH3 is 1. The molecule has 0 bridgehead atoms. The number of esters is 1. The fraction of sp³-hybridized carbons (Fsp3) is 0.615. The number of nitrogens with one attached hydrogen (secondary N) is 1. The van der Waals surface area contributed by atoms with Gasteiger partial charge < -0.3 is 10.1 Å². The lowest BCUT2D eigenvalue weighted by Gasteiger charge is -2.28. The van der Waals surface area contributed by atoms with E-state index in [2.05, 4.69) is 15.3 Å². The molecule has 1 rings (SSSR count). The molecule has 1 unspecified atom stereocenters. The van der Waals surface area contributed by atoms with Gasteiger partial charge in [-0.05, 0) is 19.8 Å². The highest BCUT2D eigenvalue weighted by Gasteiger charge is 2.34. The second-order valence-corrected chi connectivity index (χ2v) is 4.54. The maximum absolute atomic E-state index is 14.1. The number of hydrogen-bond donors (Lipinski definition) is 1. The highest BCUT2D eigenvalue weighted by molar-refractivity contribution is 5.83. The number of nitrogens with zero attached hydrogens (tertiary/aromatic N) is 2. The molecule has 0 amide bonds. The van der Waals surface area contributed by atoms with Crippen LogP contribution in [0, 0.1) is 5.82 Å². The van der Waals surface area contributed by atoms with Gasteiger partial charge in [-0.15, -0.1) is 0 Å². The normalized spacial score (nSPS) is 13.7. The van der Waals surface area contributed by atoms with Crippen LogP contribution < -0.4 is 5.32 Å². The van der Waals surface area contributed by atoms with Crippen LogP contribution in [0.5, 0.6) is 0 Å². The molecule has 0 aliphatic carbocycles.